The molecule has 0 aliphatic carbocycles. The van der Waals surface area contributed by atoms with Crippen molar-refractivity contribution in [3.8, 4) is 0 Å². The zero-order valence-electron chi connectivity index (χ0n) is 9.79. The maximum absolute atomic E-state index is 12.0. The van der Waals surface area contributed by atoms with Crippen LogP contribution in [0.2, 0.25) is 0 Å². The highest BCUT2D eigenvalue weighted by Crippen LogP contribution is 2.21. The van der Waals surface area contributed by atoms with E-state index in [4.69, 9.17) is 4.42 Å². The first-order valence-corrected chi connectivity index (χ1v) is 6.19. The highest BCUT2D eigenvalue weighted by atomic mass is 79.9. The van der Waals surface area contributed by atoms with Gasteiger partial charge < -0.3 is 4.42 Å². The lowest BCUT2D eigenvalue weighted by atomic mass is 10.0. The number of hydrogen-bond donors (Lipinski definition) is 0. The Morgan fingerprint density at radius 1 is 1.29 bits per heavy atom. The third kappa shape index (κ3) is 2.67. The molecule has 17 heavy (non-hydrogen) atoms. The molecule has 0 fully saturated rings. The smallest absolute Gasteiger partial charge is 0.203 e. The molecular weight excluding hydrogens is 280 g/mol. The molecule has 0 bridgehead atoms. The van der Waals surface area contributed by atoms with Crippen molar-refractivity contribution < 1.29 is 9.21 Å². The van der Waals surface area contributed by atoms with Gasteiger partial charge in [0.05, 0.1) is 10.7 Å². The van der Waals surface area contributed by atoms with Crippen molar-refractivity contribution in [1.82, 2.24) is 0 Å². The van der Waals surface area contributed by atoms with Crippen LogP contribution >= 0.6 is 15.9 Å². The summed E-state index contributed by atoms with van der Waals surface area (Å²) in [4.78, 5) is 12.0. The lowest BCUT2D eigenvalue weighted by molar-refractivity contribution is 0.0965. The van der Waals surface area contributed by atoms with Crippen molar-refractivity contribution in [2.45, 2.75) is 20.3 Å². The van der Waals surface area contributed by atoms with E-state index in [0.29, 0.717) is 16.7 Å². The Labute approximate surface area is 109 Å². The molecule has 2 rings (SSSR count). The Hall–Kier alpha value is -1.35. The Morgan fingerprint density at radius 2 is 2.06 bits per heavy atom. The van der Waals surface area contributed by atoms with Crippen molar-refractivity contribution in [1.29, 1.82) is 0 Å². The van der Waals surface area contributed by atoms with Gasteiger partial charge in [-0.1, -0.05) is 23.8 Å². The second kappa shape index (κ2) is 4.88. The lowest BCUT2D eigenvalue weighted by Crippen LogP contribution is -2.04. The van der Waals surface area contributed by atoms with Crippen LogP contribution in [0.1, 0.15) is 27.2 Å². The normalized spacial score (nSPS) is 10.5. The fraction of sp³-hybridized carbons (Fsp3) is 0.214. The van der Waals surface area contributed by atoms with E-state index in [0.717, 1.165) is 16.7 Å². The first-order chi connectivity index (χ1) is 8.08. The van der Waals surface area contributed by atoms with Gasteiger partial charge in [-0.15, -0.1) is 0 Å². The molecule has 0 N–H and O–H groups in total. The van der Waals surface area contributed by atoms with E-state index < -0.39 is 0 Å². The minimum Gasteiger partial charge on any atom is -0.460 e. The third-order valence-electron chi connectivity index (χ3n) is 2.73. The van der Waals surface area contributed by atoms with Gasteiger partial charge >= 0.3 is 0 Å². The van der Waals surface area contributed by atoms with Gasteiger partial charge in [-0.05, 0) is 47.0 Å². The Kier molecular flexibility index (Phi) is 3.48. The van der Waals surface area contributed by atoms with Gasteiger partial charge in [-0.2, -0.15) is 0 Å². The summed E-state index contributed by atoms with van der Waals surface area (Å²) >= 11 is 3.30. The van der Waals surface area contributed by atoms with Gasteiger partial charge in [0.25, 0.3) is 0 Å². The van der Waals surface area contributed by atoms with E-state index in [1.165, 1.54) is 6.26 Å². The van der Waals surface area contributed by atoms with Crippen LogP contribution in [0.5, 0.6) is 0 Å². The molecule has 0 aliphatic rings. The average molecular weight is 293 g/mol. The van der Waals surface area contributed by atoms with Crippen molar-refractivity contribution in [2.24, 2.45) is 0 Å². The number of benzene rings is 1. The monoisotopic (exact) mass is 292 g/mol. The van der Waals surface area contributed by atoms with Gasteiger partial charge in [0.1, 0.15) is 0 Å². The van der Waals surface area contributed by atoms with E-state index in [1.54, 1.807) is 6.07 Å². The van der Waals surface area contributed by atoms with E-state index in [-0.39, 0.29) is 5.78 Å². The van der Waals surface area contributed by atoms with Crippen LogP contribution in [0.25, 0.3) is 0 Å². The minimum absolute atomic E-state index is 0.00410. The number of halogens is 1. The predicted molar refractivity (Wildman–Crippen MR) is 70.4 cm³/mol. The van der Waals surface area contributed by atoms with Gasteiger partial charge in [-0.3, -0.25) is 4.79 Å². The molecule has 0 saturated heterocycles. The zero-order chi connectivity index (χ0) is 12.4. The molecule has 3 heteroatoms. The molecule has 0 aliphatic heterocycles. The fourth-order valence-electron chi connectivity index (χ4n) is 1.74. The summed E-state index contributed by atoms with van der Waals surface area (Å²) in [5.74, 6) is 0.390. The maximum Gasteiger partial charge on any atom is 0.203 e. The molecule has 0 saturated carbocycles. The van der Waals surface area contributed by atoms with E-state index in [1.807, 2.05) is 32.0 Å². The molecule has 1 heterocycles. The number of carbonyl (C=O) groups is 1. The first kappa shape index (κ1) is 12.1. The molecule has 88 valence electrons. The zero-order valence-corrected chi connectivity index (χ0v) is 11.4. The highest BCUT2D eigenvalue weighted by molar-refractivity contribution is 9.10. The number of Topliss-reactive ketones (excluding diaryl/α,β-unsaturated/α-hetero) is 1. The van der Waals surface area contributed by atoms with Crippen molar-refractivity contribution >= 4 is 21.7 Å². The van der Waals surface area contributed by atoms with Gasteiger partial charge in [0, 0.05) is 6.42 Å². The van der Waals surface area contributed by atoms with E-state index in [9.17, 15) is 4.79 Å². The molecule has 0 unspecified atom stereocenters. The topological polar surface area (TPSA) is 30.2 Å². The van der Waals surface area contributed by atoms with Crippen LogP contribution in [0.3, 0.4) is 0 Å². The number of rotatable bonds is 3. The molecule has 0 spiro atoms. The third-order valence-corrected chi connectivity index (χ3v) is 3.35. The SMILES string of the molecule is Cc1ccc(C)c(CC(=O)c2occc2Br)c1. The summed E-state index contributed by atoms with van der Waals surface area (Å²) in [6, 6.07) is 7.86. The van der Waals surface area contributed by atoms with Gasteiger partial charge in [0.15, 0.2) is 5.76 Å². The molecule has 0 amide bonds. The molecule has 2 aromatic rings. The van der Waals surface area contributed by atoms with Crippen LogP contribution in [-0.4, -0.2) is 5.78 Å². The maximum atomic E-state index is 12.0. The van der Waals surface area contributed by atoms with Crippen molar-refractivity contribution in [3.63, 3.8) is 0 Å². The number of carbonyl (C=O) groups excluding carboxylic acids is 1. The molecule has 0 atom stereocenters. The van der Waals surface area contributed by atoms with Crippen LogP contribution in [-0.2, 0) is 6.42 Å². The second-order valence-corrected chi connectivity index (χ2v) is 4.98. The molecular formula is C14H13BrO2. The number of hydrogen-bond acceptors (Lipinski definition) is 2. The molecule has 1 aromatic heterocycles. The standard InChI is InChI=1S/C14H13BrO2/c1-9-3-4-10(2)11(7-9)8-13(16)14-12(15)5-6-17-14/h3-7H,8H2,1-2H3. The quantitative estimate of drug-likeness (QED) is 0.798. The Balaban J connectivity index is 2.24. The summed E-state index contributed by atoms with van der Waals surface area (Å²) < 4.78 is 5.89. The van der Waals surface area contributed by atoms with Crippen LogP contribution < -0.4 is 0 Å². The van der Waals surface area contributed by atoms with Crippen LogP contribution in [0.4, 0.5) is 0 Å². The summed E-state index contributed by atoms with van der Waals surface area (Å²) in [6.45, 7) is 4.04. The predicted octanol–water partition coefficient (Wildman–Crippen LogP) is 4.08. The summed E-state index contributed by atoms with van der Waals surface area (Å²) in [6.07, 6.45) is 1.89. The first-order valence-electron chi connectivity index (χ1n) is 5.40. The molecule has 0 radical (unpaired) electrons. The fourth-order valence-corrected chi connectivity index (χ4v) is 2.16. The largest absolute Gasteiger partial charge is 0.460 e. The lowest BCUT2D eigenvalue weighted by Gasteiger charge is -2.05. The Bertz CT molecular complexity index is 555. The summed E-state index contributed by atoms with van der Waals surface area (Å²) in [7, 11) is 0. The van der Waals surface area contributed by atoms with Crippen LogP contribution in [0.15, 0.2) is 39.4 Å². The summed E-state index contributed by atoms with van der Waals surface area (Å²) in [5.41, 5.74) is 3.35. The van der Waals surface area contributed by atoms with Crippen LogP contribution in [0, 0.1) is 13.8 Å². The highest BCUT2D eigenvalue weighted by Gasteiger charge is 2.15. The van der Waals surface area contributed by atoms with Crippen molar-refractivity contribution in [3.05, 3.63) is 57.5 Å². The number of aryl methyl sites for hydroxylation is 2. The second-order valence-electron chi connectivity index (χ2n) is 4.13. The molecule has 1 aromatic carbocycles. The van der Waals surface area contributed by atoms with Crippen molar-refractivity contribution in [2.75, 3.05) is 0 Å². The summed E-state index contributed by atoms with van der Waals surface area (Å²) in [5, 5.41) is 0. The molecule has 2 nitrogen and oxygen atoms in total. The van der Waals surface area contributed by atoms with Gasteiger partial charge in [0.2, 0.25) is 5.78 Å². The van der Waals surface area contributed by atoms with Gasteiger partial charge in [-0.25, -0.2) is 0 Å². The number of furan rings is 1. The Morgan fingerprint density at radius 3 is 2.71 bits per heavy atom. The van der Waals surface area contributed by atoms with E-state index >= 15 is 0 Å². The average Bonchev–Trinajstić information content (AvgIpc) is 2.70. The minimum atomic E-state index is -0.00410. The number of ketones is 1. The van der Waals surface area contributed by atoms with E-state index in [2.05, 4.69) is 15.9 Å².